The standard InChI is InChI=1S/C25H43N5O3/c1-19(2)14-21-6-5-7-22(15-21)27-24(32)23-16-26-30(25(23)33-17-20(3)4)13-12-28-8-10-29(18-31)11-9-28/h16,18-22H,5-15,17H2,1-4H3,(H,27,32). The van der Waals surface area contributed by atoms with Gasteiger partial charge in [-0.2, -0.15) is 5.10 Å². The summed E-state index contributed by atoms with van der Waals surface area (Å²) in [6, 6.07) is 0.227. The first-order valence-corrected chi connectivity index (χ1v) is 12.8. The predicted molar refractivity (Wildman–Crippen MR) is 129 cm³/mol. The molecule has 1 aromatic heterocycles. The summed E-state index contributed by atoms with van der Waals surface area (Å²) in [7, 11) is 0. The lowest BCUT2D eigenvalue weighted by Crippen LogP contribution is -2.46. The van der Waals surface area contributed by atoms with Crippen molar-refractivity contribution in [1.29, 1.82) is 0 Å². The van der Waals surface area contributed by atoms with Crippen molar-refractivity contribution in [3.63, 3.8) is 0 Å². The lowest BCUT2D eigenvalue weighted by Gasteiger charge is -2.32. The molecule has 1 aliphatic heterocycles. The second-order valence-electron chi connectivity index (χ2n) is 10.6. The quantitative estimate of drug-likeness (QED) is 0.513. The van der Waals surface area contributed by atoms with Gasteiger partial charge in [0.1, 0.15) is 5.56 Å². The minimum Gasteiger partial charge on any atom is -0.477 e. The van der Waals surface area contributed by atoms with E-state index < -0.39 is 0 Å². The molecular weight excluding hydrogens is 418 g/mol. The highest BCUT2D eigenvalue weighted by Crippen LogP contribution is 2.30. The molecule has 1 aromatic rings. The molecule has 2 heterocycles. The van der Waals surface area contributed by atoms with Crippen molar-refractivity contribution in [2.24, 2.45) is 17.8 Å². The molecular formula is C25H43N5O3. The van der Waals surface area contributed by atoms with Crippen molar-refractivity contribution in [1.82, 2.24) is 24.9 Å². The van der Waals surface area contributed by atoms with Crippen LogP contribution in [0.15, 0.2) is 6.20 Å². The van der Waals surface area contributed by atoms with Gasteiger partial charge in [-0.1, -0.05) is 40.5 Å². The molecule has 2 fully saturated rings. The minimum absolute atomic E-state index is 0.0743. The summed E-state index contributed by atoms with van der Waals surface area (Å²) in [5.41, 5.74) is 0.535. The van der Waals surface area contributed by atoms with Crippen LogP contribution >= 0.6 is 0 Å². The zero-order valence-corrected chi connectivity index (χ0v) is 21.0. The van der Waals surface area contributed by atoms with E-state index in [-0.39, 0.29) is 11.9 Å². The van der Waals surface area contributed by atoms with Crippen LogP contribution in [0.25, 0.3) is 0 Å². The Labute approximate surface area is 199 Å². The van der Waals surface area contributed by atoms with Gasteiger partial charge in [-0.25, -0.2) is 4.68 Å². The van der Waals surface area contributed by atoms with Crippen molar-refractivity contribution < 1.29 is 14.3 Å². The van der Waals surface area contributed by atoms with Gasteiger partial charge in [0, 0.05) is 38.8 Å². The molecule has 0 spiro atoms. The fourth-order valence-electron chi connectivity index (χ4n) is 4.98. The maximum atomic E-state index is 13.2. The van der Waals surface area contributed by atoms with E-state index in [2.05, 4.69) is 43.0 Å². The van der Waals surface area contributed by atoms with Crippen molar-refractivity contribution in [2.75, 3.05) is 39.3 Å². The number of amides is 2. The molecule has 0 bridgehead atoms. The zero-order valence-electron chi connectivity index (χ0n) is 21.0. The molecule has 2 aliphatic rings. The van der Waals surface area contributed by atoms with Crippen molar-refractivity contribution in [3.05, 3.63) is 11.8 Å². The molecule has 0 radical (unpaired) electrons. The number of aromatic nitrogens is 2. The third-order valence-corrected chi connectivity index (χ3v) is 6.70. The summed E-state index contributed by atoms with van der Waals surface area (Å²) in [6.45, 7) is 14.0. The van der Waals surface area contributed by atoms with Crippen LogP contribution in [0.3, 0.4) is 0 Å². The summed E-state index contributed by atoms with van der Waals surface area (Å²) in [6.07, 6.45) is 8.36. The third kappa shape index (κ3) is 7.73. The van der Waals surface area contributed by atoms with Gasteiger partial charge in [-0.05, 0) is 37.0 Å². The van der Waals surface area contributed by atoms with Gasteiger partial charge in [-0.3, -0.25) is 14.5 Å². The molecule has 8 nitrogen and oxygen atoms in total. The van der Waals surface area contributed by atoms with Crippen LogP contribution in [0.5, 0.6) is 5.88 Å². The first kappa shape index (κ1) is 25.5. The van der Waals surface area contributed by atoms with E-state index >= 15 is 0 Å². The summed E-state index contributed by atoms with van der Waals surface area (Å²) in [5.74, 6) is 2.25. The van der Waals surface area contributed by atoms with Gasteiger partial charge in [0.15, 0.2) is 0 Å². The lowest BCUT2D eigenvalue weighted by atomic mass is 9.81. The number of nitrogens with zero attached hydrogens (tertiary/aromatic N) is 4. The highest BCUT2D eigenvalue weighted by molar-refractivity contribution is 5.96. The number of nitrogens with one attached hydrogen (secondary N) is 1. The average Bonchev–Trinajstić information content (AvgIpc) is 3.19. The van der Waals surface area contributed by atoms with Crippen LogP contribution in [-0.2, 0) is 11.3 Å². The molecule has 1 N–H and O–H groups in total. The maximum Gasteiger partial charge on any atom is 0.258 e. The second-order valence-corrected chi connectivity index (χ2v) is 10.6. The third-order valence-electron chi connectivity index (χ3n) is 6.70. The molecule has 3 rings (SSSR count). The molecule has 33 heavy (non-hydrogen) atoms. The Morgan fingerprint density at radius 1 is 1.15 bits per heavy atom. The number of piperazine rings is 1. The molecule has 186 valence electrons. The lowest BCUT2D eigenvalue weighted by molar-refractivity contribution is -0.119. The van der Waals surface area contributed by atoms with Crippen LogP contribution in [-0.4, -0.2) is 77.3 Å². The molecule has 1 saturated heterocycles. The van der Waals surface area contributed by atoms with Crippen LogP contribution in [0.4, 0.5) is 0 Å². The maximum absolute atomic E-state index is 13.2. The minimum atomic E-state index is -0.0743. The Balaban J connectivity index is 1.62. The van der Waals surface area contributed by atoms with Crippen LogP contribution in [0.1, 0.15) is 70.2 Å². The van der Waals surface area contributed by atoms with E-state index in [9.17, 15) is 9.59 Å². The molecule has 2 amide bonds. The molecule has 2 atom stereocenters. The van der Waals surface area contributed by atoms with E-state index in [0.717, 1.165) is 52.0 Å². The van der Waals surface area contributed by atoms with Gasteiger partial charge in [-0.15, -0.1) is 0 Å². The average molecular weight is 462 g/mol. The highest BCUT2D eigenvalue weighted by Gasteiger charge is 2.27. The van der Waals surface area contributed by atoms with Crippen LogP contribution in [0, 0.1) is 17.8 Å². The zero-order chi connectivity index (χ0) is 23.8. The molecule has 2 unspecified atom stereocenters. The topological polar surface area (TPSA) is 79.7 Å². The Morgan fingerprint density at radius 2 is 1.91 bits per heavy atom. The van der Waals surface area contributed by atoms with E-state index in [1.807, 2.05) is 4.68 Å². The summed E-state index contributed by atoms with van der Waals surface area (Å²) < 4.78 is 7.92. The normalized spacial score (nSPS) is 22.1. The van der Waals surface area contributed by atoms with Crippen molar-refractivity contribution in [3.8, 4) is 5.88 Å². The Kier molecular flexibility index (Phi) is 9.59. The molecule has 1 saturated carbocycles. The number of ether oxygens (including phenoxy) is 1. The van der Waals surface area contributed by atoms with E-state index in [0.29, 0.717) is 42.3 Å². The first-order valence-electron chi connectivity index (χ1n) is 12.8. The largest absolute Gasteiger partial charge is 0.477 e. The van der Waals surface area contributed by atoms with E-state index in [4.69, 9.17) is 4.74 Å². The Bertz CT molecular complexity index is 755. The van der Waals surface area contributed by atoms with Gasteiger partial charge in [0.25, 0.3) is 5.91 Å². The fourth-order valence-corrected chi connectivity index (χ4v) is 4.98. The summed E-state index contributed by atoms with van der Waals surface area (Å²) in [5, 5.41) is 7.79. The van der Waals surface area contributed by atoms with Crippen LogP contribution in [0.2, 0.25) is 0 Å². The van der Waals surface area contributed by atoms with Gasteiger partial charge < -0.3 is 15.0 Å². The fraction of sp³-hybridized carbons (Fsp3) is 0.800. The molecule has 8 heteroatoms. The first-order chi connectivity index (χ1) is 15.9. The highest BCUT2D eigenvalue weighted by atomic mass is 16.5. The number of carbonyl (C=O) groups is 2. The number of rotatable bonds is 11. The Hall–Kier alpha value is -2.09. The molecule has 0 aromatic carbocycles. The number of hydrogen-bond donors (Lipinski definition) is 1. The van der Waals surface area contributed by atoms with Crippen molar-refractivity contribution >= 4 is 12.3 Å². The number of hydrogen-bond acceptors (Lipinski definition) is 5. The monoisotopic (exact) mass is 461 g/mol. The van der Waals surface area contributed by atoms with Gasteiger partial charge >= 0.3 is 0 Å². The predicted octanol–water partition coefficient (Wildman–Crippen LogP) is 3.03. The SMILES string of the molecule is CC(C)COc1c(C(=O)NC2CCCC(CC(C)C)C2)cnn1CCN1CCN(C=O)CC1. The van der Waals surface area contributed by atoms with Gasteiger partial charge in [0.2, 0.25) is 12.3 Å². The summed E-state index contributed by atoms with van der Waals surface area (Å²) in [4.78, 5) is 28.3. The van der Waals surface area contributed by atoms with E-state index in [1.54, 1.807) is 11.1 Å². The second kappa shape index (κ2) is 12.4. The van der Waals surface area contributed by atoms with E-state index in [1.165, 1.54) is 19.3 Å². The number of carbonyl (C=O) groups excluding carboxylic acids is 2. The smallest absolute Gasteiger partial charge is 0.258 e. The molecule has 1 aliphatic carbocycles. The van der Waals surface area contributed by atoms with Crippen molar-refractivity contribution in [2.45, 2.75) is 72.4 Å². The summed E-state index contributed by atoms with van der Waals surface area (Å²) >= 11 is 0. The van der Waals surface area contributed by atoms with Gasteiger partial charge in [0.05, 0.1) is 19.3 Å². The van der Waals surface area contributed by atoms with Crippen LogP contribution < -0.4 is 10.1 Å². The Morgan fingerprint density at radius 3 is 2.58 bits per heavy atom.